The van der Waals surface area contributed by atoms with Crippen LogP contribution in [0.3, 0.4) is 0 Å². The van der Waals surface area contributed by atoms with Crippen molar-refractivity contribution in [2.45, 2.75) is 11.3 Å². The van der Waals surface area contributed by atoms with Crippen LogP contribution in [0.2, 0.25) is 0 Å². The number of carbonyl (C=O) groups is 2. The molecule has 0 radical (unpaired) electrons. The number of carboxylic acid groups (broad SMARTS) is 2. The van der Waals surface area contributed by atoms with Gasteiger partial charge in [0.1, 0.15) is 0 Å². The fourth-order valence-corrected chi connectivity index (χ4v) is 1.61. The van der Waals surface area contributed by atoms with E-state index in [4.69, 9.17) is 11.6 Å². The van der Waals surface area contributed by atoms with E-state index in [1.165, 1.54) is 0 Å². The predicted molar refractivity (Wildman–Crippen MR) is 55.5 cm³/mol. The molecule has 0 aliphatic rings. The molecule has 0 unspecified atom stereocenters. The van der Waals surface area contributed by atoms with Crippen LogP contribution in [0.25, 0.3) is 0 Å². The van der Waals surface area contributed by atoms with E-state index in [0.717, 1.165) is 24.3 Å². The summed E-state index contributed by atoms with van der Waals surface area (Å²) in [5, 5.41) is 30.0. The van der Waals surface area contributed by atoms with Crippen LogP contribution < -0.4 is 10.2 Å². The van der Waals surface area contributed by atoms with Crippen LogP contribution in [0.1, 0.15) is 11.5 Å². The van der Waals surface area contributed by atoms with Crippen molar-refractivity contribution in [1.29, 1.82) is 0 Å². The molecule has 1 rings (SSSR count). The zero-order valence-electron chi connectivity index (χ0n) is 8.74. The van der Waals surface area contributed by atoms with Crippen LogP contribution in [0.4, 0.5) is 5.69 Å². The lowest BCUT2D eigenvalue weighted by Gasteiger charge is -2.24. The maximum absolute atomic E-state index is 10.8. The van der Waals surface area contributed by atoms with Gasteiger partial charge in [-0.1, -0.05) is 12.1 Å². The van der Waals surface area contributed by atoms with Crippen molar-refractivity contribution in [1.82, 2.24) is 0 Å². The number of non-ortho nitro benzene ring substituents is 1. The summed E-state index contributed by atoms with van der Waals surface area (Å²) in [6.07, 6.45) is 0. The van der Waals surface area contributed by atoms with Gasteiger partial charge in [-0.3, -0.25) is 10.1 Å². The molecule has 0 aliphatic heterocycles. The molecule has 0 heterocycles. The maximum atomic E-state index is 10.8. The number of benzene rings is 1. The normalized spacial score (nSPS) is 13.6. The number of nitro groups is 1. The van der Waals surface area contributed by atoms with Gasteiger partial charge in [-0.2, -0.15) is 0 Å². The van der Waals surface area contributed by atoms with Crippen molar-refractivity contribution >= 4 is 29.2 Å². The zero-order chi connectivity index (χ0) is 13.9. The standard InChI is InChI=1S/C10H8ClNO6/c11-8(10(15)16)7(9(13)14)5-1-3-6(4-2-5)12(17)18/h1-4,7-8H,(H,13,14)(H,15,16)/p-2/t7-,8+/m1/s1. The minimum atomic E-state index is -1.82. The van der Waals surface area contributed by atoms with Gasteiger partial charge in [0.2, 0.25) is 0 Å². The van der Waals surface area contributed by atoms with Gasteiger partial charge in [-0.25, -0.2) is 0 Å². The predicted octanol–water partition coefficient (Wildman–Crippen LogP) is -1.21. The Hall–Kier alpha value is -2.15. The lowest BCUT2D eigenvalue weighted by molar-refractivity contribution is -0.384. The number of alkyl halides is 1. The molecule has 7 nitrogen and oxygen atoms in total. The van der Waals surface area contributed by atoms with Crippen LogP contribution in [-0.2, 0) is 9.59 Å². The first-order valence-corrected chi connectivity index (χ1v) is 5.08. The van der Waals surface area contributed by atoms with Gasteiger partial charge in [-0.05, 0) is 5.56 Å². The van der Waals surface area contributed by atoms with Gasteiger partial charge >= 0.3 is 0 Å². The van der Waals surface area contributed by atoms with Crippen LogP contribution in [0, 0.1) is 10.1 Å². The summed E-state index contributed by atoms with van der Waals surface area (Å²) in [5.41, 5.74) is -0.264. The first-order valence-electron chi connectivity index (χ1n) is 4.64. The number of carbonyl (C=O) groups excluding carboxylic acids is 2. The minimum Gasteiger partial charge on any atom is -0.549 e. The monoisotopic (exact) mass is 271 g/mol. The van der Waals surface area contributed by atoms with Crippen molar-refractivity contribution in [3.63, 3.8) is 0 Å². The second kappa shape index (κ2) is 5.46. The van der Waals surface area contributed by atoms with Gasteiger partial charge in [0, 0.05) is 18.1 Å². The van der Waals surface area contributed by atoms with E-state index in [1.807, 2.05) is 0 Å². The van der Waals surface area contributed by atoms with Crippen molar-refractivity contribution in [3.05, 3.63) is 39.9 Å². The molecule has 2 atom stereocenters. The van der Waals surface area contributed by atoms with E-state index in [1.54, 1.807) is 0 Å². The molecular formula is C10H6ClNO6-2. The highest BCUT2D eigenvalue weighted by Gasteiger charge is 2.24. The van der Waals surface area contributed by atoms with Crippen molar-refractivity contribution in [3.8, 4) is 0 Å². The lowest BCUT2D eigenvalue weighted by atomic mass is 9.95. The summed E-state index contributed by atoms with van der Waals surface area (Å²) < 4.78 is 0. The highest BCUT2D eigenvalue weighted by molar-refractivity contribution is 6.31. The number of nitro benzene ring substituents is 1. The highest BCUT2D eigenvalue weighted by Crippen LogP contribution is 2.25. The third-order valence-corrected chi connectivity index (χ3v) is 2.66. The minimum absolute atomic E-state index is 0.00944. The Labute approximate surface area is 106 Å². The molecule has 0 amide bonds. The van der Waals surface area contributed by atoms with Crippen LogP contribution in [0.15, 0.2) is 24.3 Å². The number of rotatable bonds is 5. The first kappa shape index (κ1) is 13.9. The van der Waals surface area contributed by atoms with E-state index in [9.17, 15) is 29.9 Å². The van der Waals surface area contributed by atoms with Crippen molar-refractivity contribution in [2.24, 2.45) is 0 Å². The summed E-state index contributed by atoms with van der Waals surface area (Å²) in [7, 11) is 0. The van der Waals surface area contributed by atoms with Crippen LogP contribution in [-0.4, -0.2) is 22.2 Å². The number of halogens is 1. The van der Waals surface area contributed by atoms with E-state index < -0.39 is 28.2 Å². The van der Waals surface area contributed by atoms with Gasteiger partial charge in [0.05, 0.1) is 22.2 Å². The average molecular weight is 272 g/mol. The topological polar surface area (TPSA) is 123 Å². The van der Waals surface area contributed by atoms with Gasteiger partial charge < -0.3 is 19.8 Å². The molecule has 0 saturated carbocycles. The molecule has 0 aliphatic carbocycles. The number of aliphatic carboxylic acids is 2. The summed E-state index contributed by atoms with van der Waals surface area (Å²) in [6, 6.07) is 4.31. The van der Waals surface area contributed by atoms with Crippen LogP contribution in [0.5, 0.6) is 0 Å². The fourth-order valence-electron chi connectivity index (χ4n) is 1.36. The quantitative estimate of drug-likeness (QED) is 0.376. The molecule has 0 saturated heterocycles. The molecule has 0 N–H and O–H groups in total. The molecule has 96 valence electrons. The summed E-state index contributed by atoms with van der Waals surface area (Å²) in [5.74, 6) is -5.10. The molecule has 0 bridgehead atoms. The van der Waals surface area contributed by atoms with E-state index in [-0.39, 0.29) is 11.3 Å². The third kappa shape index (κ3) is 2.95. The summed E-state index contributed by atoms with van der Waals surface area (Å²) in [6.45, 7) is 0. The molecule has 18 heavy (non-hydrogen) atoms. The van der Waals surface area contributed by atoms with E-state index >= 15 is 0 Å². The van der Waals surface area contributed by atoms with Crippen LogP contribution >= 0.6 is 11.6 Å². The number of carboxylic acids is 2. The smallest absolute Gasteiger partial charge is 0.269 e. The van der Waals surface area contributed by atoms with Crippen molar-refractivity contribution < 1.29 is 24.7 Å². The molecule has 0 aromatic heterocycles. The highest BCUT2D eigenvalue weighted by atomic mass is 35.5. The molecular weight excluding hydrogens is 266 g/mol. The molecule has 8 heteroatoms. The maximum Gasteiger partial charge on any atom is 0.269 e. The lowest BCUT2D eigenvalue weighted by Crippen LogP contribution is -2.43. The zero-order valence-corrected chi connectivity index (χ0v) is 9.49. The van der Waals surface area contributed by atoms with Crippen molar-refractivity contribution in [2.75, 3.05) is 0 Å². The number of hydrogen-bond donors (Lipinski definition) is 0. The Morgan fingerprint density at radius 3 is 1.94 bits per heavy atom. The fraction of sp³-hybridized carbons (Fsp3) is 0.200. The third-order valence-electron chi connectivity index (χ3n) is 2.23. The van der Waals surface area contributed by atoms with E-state index in [0.29, 0.717) is 0 Å². The Balaban J connectivity index is 3.11. The Morgan fingerprint density at radius 1 is 1.11 bits per heavy atom. The summed E-state index contributed by atoms with van der Waals surface area (Å²) >= 11 is 5.40. The largest absolute Gasteiger partial charge is 0.549 e. The number of nitrogens with zero attached hydrogens (tertiary/aromatic N) is 1. The average Bonchev–Trinajstić information content (AvgIpc) is 2.29. The second-order valence-electron chi connectivity index (χ2n) is 3.37. The first-order chi connectivity index (χ1) is 8.34. The SMILES string of the molecule is O=C([O-])[C@@H](Cl)[C@H](C(=O)[O-])c1ccc([N+](=O)[O-])cc1. The second-order valence-corrected chi connectivity index (χ2v) is 3.84. The Morgan fingerprint density at radius 2 is 1.61 bits per heavy atom. The van der Waals surface area contributed by atoms with Gasteiger partial charge in [0.15, 0.2) is 0 Å². The van der Waals surface area contributed by atoms with Gasteiger partial charge in [-0.15, -0.1) is 11.6 Å². The Bertz CT molecular complexity index is 486. The Kier molecular flexibility index (Phi) is 4.22. The molecule has 1 aromatic carbocycles. The van der Waals surface area contributed by atoms with E-state index in [2.05, 4.69) is 0 Å². The molecule has 0 spiro atoms. The molecule has 0 fully saturated rings. The molecule has 1 aromatic rings. The van der Waals surface area contributed by atoms with Gasteiger partial charge in [0.25, 0.3) is 5.69 Å². The summed E-state index contributed by atoms with van der Waals surface area (Å²) in [4.78, 5) is 31.1. The number of hydrogen-bond acceptors (Lipinski definition) is 6.